The van der Waals surface area contributed by atoms with Crippen molar-refractivity contribution < 1.29 is 4.74 Å². The van der Waals surface area contributed by atoms with Gasteiger partial charge in [-0.25, -0.2) is 0 Å². The molecule has 1 aromatic rings. The molecule has 0 aliphatic carbocycles. The maximum absolute atomic E-state index is 5.77. The lowest BCUT2D eigenvalue weighted by Crippen LogP contribution is -2.12. The molecule has 100 valence electrons. The zero-order chi connectivity index (χ0) is 13.2. The SMILES string of the molecule is C=CCCCCCOc1cccc(C(C)NC)c1. The lowest BCUT2D eigenvalue weighted by molar-refractivity contribution is 0.305. The summed E-state index contributed by atoms with van der Waals surface area (Å²) in [7, 11) is 1.97. The van der Waals surface area contributed by atoms with Crippen LogP contribution in [0.25, 0.3) is 0 Å². The first-order valence-corrected chi connectivity index (χ1v) is 6.79. The van der Waals surface area contributed by atoms with E-state index in [1.807, 2.05) is 19.2 Å². The van der Waals surface area contributed by atoms with E-state index in [-0.39, 0.29) is 0 Å². The molecule has 0 radical (unpaired) electrons. The fourth-order valence-corrected chi connectivity index (χ4v) is 1.80. The van der Waals surface area contributed by atoms with E-state index in [0.717, 1.165) is 25.2 Å². The molecule has 2 nitrogen and oxygen atoms in total. The van der Waals surface area contributed by atoms with Crippen molar-refractivity contribution in [1.29, 1.82) is 0 Å². The number of ether oxygens (including phenoxy) is 1. The number of allylic oxidation sites excluding steroid dienone is 1. The van der Waals surface area contributed by atoms with Gasteiger partial charge in [0.25, 0.3) is 0 Å². The number of unbranched alkanes of at least 4 members (excludes halogenated alkanes) is 3. The van der Waals surface area contributed by atoms with Crippen LogP contribution in [0.2, 0.25) is 0 Å². The van der Waals surface area contributed by atoms with Gasteiger partial charge in [0.05, 0.1) is 6.61 Å². The highest BCUT2D eigenvalue weighted by atomic mass is 16.5. The summed E-state index contributed by atoms with van der Waals surface area (Å²) in [6.45, 7) is 6.67. The summed E-state index contributed by atoms with van der Waals surface area (Å²) >= 11 is 0. The van der Waals surface area contributed by atoms with Gasteiger partial charge >= 0.3 is 0 Å². The number of nitrogens with one attached hydrogen (secondary N) is 1. The van der Waals surface area contributed by atoms with E-state index in [0.29, 0.717) is 6.04 Å². The number of rotatable bonds is 9. The summed E-state index contributed by atoms with van der Waals surface area (Å²) in [5, 5.41) is 3.23. The summed E-state index contributed by atoms with van der Waals surface area (Å²) < 4.78 is 5.77. The molecule has 0 bridgehead atoms. The highest BCUT2D eigenvalue weighted by Crippen LogP contribution is 2.19. The van der Waals surface area contributed by atoms with E-state index in [1.54, 1.807) is 0 Å². The Morgan fingerprint density at radius 3 is 2.89 bits per heavy atom. The van der Waals surface area contributed by atoms with Gasteiger partial charge in [-0.05, 0) is 57.4 Å². The molecule has 0 aromatic heterocycles. The third kappa shape index (κ3) is 5.37. The van der Waals surface area contributed by atoms with Crippen molar-refractivity contribution in [3.63, 3.8) is 0 Å². The Morgan fingerprint density at radius 1 is 1.33 bits per heavy atom. The Kier molecular flexibility index (Phi) is 7.19. The van der Waals surface area contributed by atoms with Crippen LogP contribution in [-0.2, 0) is 0 Å². The quantitative estimate of drug-likeness (QED) is 0.524. The van der Waals surface area contributed by atoms with Crippen LogP contribution >= 0.6 is 0 Å². The first-order valence-electron chi connectivity index (χ1n) is 6.79. The van der Waals surface area contributed by atoms with E-state index < -0.39 is 0 Å². The average molecular weight is 247 g/mol. The molecule has 0 aliphatic heterocycles. The van der Waals surface area contributed by atoms with Crippen LogP contribution in [0.1, 0.15) is 44.2 Å². The van der Waals surface area contributed by atoms with Gasteiger partial charge in [0.2, 0.25) is 0 Å². The van der Waals surface area contributed by atoms with Gasteiger partial charge in [-0.2, -0.15) is 0 Å². The van der Waals surface area contributed by atoms with Crippen LogP contribution < -0.4 is 10.1 Å². The zero-order valence-corrected chi connectivity index (χ0v) is 11.6. The predicted molar refractivity (Wildman–Crippen MR) is 78.1 cm³/mol. The molecule has 0 amide bonds. The normalized spacial score (nSPS) is 12.1. The Labute approximate surface area is 111 Å². The van der Waals surface area contributed by atoms with Gasteiger partial charge < -0.3 is 10.1 Å². The van der Waals surface area contributed by atoms with Crippen LogP contribution in [0, 0.1) is 0 Å². The topological polar surface area (TPSA) is 21.3 Å². The first kappa shape index (κ1) is 14.8. The Hall–Kier alpha value is -1.28. The van der Waals surface area contributed by atoms with Gasteiger partial charge in [-0.3, -0.25) is 0 Å². The standard InChI is InChI=1S/C16H25NO/c1-4-5-6-7-8-12-18-16-11-9-10-15(13-16)14(2)17-3/h4,9-11,13-14,17H,1,5-8,12H2,2-3H3. The minimum atomic E-state index is 0.362. The van der Waals surface area contributed by atoms with E-state index in [9.17, 15) is 0 Å². The van der Waals surface area contributed by atoms with E-state index >= 15 is 0 Å². The van der Waals surface area contributed by atoms with Crippen LogP contribution in [-0.4, -0.2) is 13.7 Å². The molecule has 1 aromatic carbocycles. The summed E-state index contributed by atoms with van der Waals surface area (Å²) in [6.07, 6.45) is 6.61. The molecule has 0 aliphatic rings. The molecular formula is C16H25NO. The molecule has 1 unspecified atom stereocenters. The fourth-order valence-electron chi connectivity index (χ4n) is 1.80. The molecule has 0 saturated carbocycles. The Morgan fingerprint density at radius 2 is 2.17 bits per heavy atom. The summed E-state index contributed by atoms with van der Waals surface area (Å²) in [5.41, 5.74) is 1.27. The van der Waals surface area contributed by atoms with Crippen LogP contribution in [0.15, 0.2) is 36.9 Å². The van der Waals surface area contributed by atoms with E-state index in [1.165, 1.54) is 18.4 Å². The smallest absolute Gasteiger partial charge is 0.119 e. The van der Waals surface area contributed by atoms with Crippen LogP contribution in [0.5, 0.6) is 5.75 Å². The average Bonchev–Trinajstić information content (AvgIpc) is 2.42. The molecular weight excluding hydrogens is 222 g/mol. The van der Waals surface area contributed by atoms with Crippen molar-refractivity contribution in [1.82, 2.24) is 5.32 Å². The second-order valence-corrected chi connectivity index (χ2v) is 4.57. The van der Waals surface area contributed by atoms with Crippen molar-refractivity contribution in [3.05, 3.63) is 42.5 Å². The number of benzene rings is 1. The van der Waals surface area contributed by atoms with Gasteiger partial charge in [0.1, 0.15) is 5.75 Å². The molecule has 2 heteroatoms. The fraction of sp³-hybridized carbons (Fsp3) is 0.500. The molecule has 0 fully saturated rings. The number of hydrogen-bond donors (Lipinski definition) is 1. The lowest BCUT2D eigenvalue weighted by Gasteiger charge is -2.12. The number of hydrogen-bond acceptors (Lipinski definition) is 2. The van der Waals surface area contributed by atoms with Gasteiger partial charge in [-0.15, -0.1) is 6.58 Å². The molecule has 0 heterocycles. The van der Waals surface area contributed by atoms with Gasteiger partial charge in [-0.1, -0.05) is 18.2 Å². The van der Waals surface area contributed by atoms with Crippen molar-refractivity contribution >= 4 is 0 Å². The third-order valence-corrected chi connectivity index (χ3v) is 3.11. The van der Waals surface area contributed by atoms with Gasteiger partial charge in [0.15, 0.2) is 0 Å². The molecule has 1 N–H and O–H groups in total. The molecule has 1 rings (SSSR count). The van der Waals surface area contributed by atoms with Crippen LogP contribution in [0.3, 0.4) is 0 Å². The van der Waals surface area contributed by atoms with Crippen molar-refractivity contribution in [2.45, 2.75) is 38.6 Å². The highest BCUT2D eigenvalue weighted by Gasteiger charge is 2.03. The van der Waals surface area contributed by atoms with Crippen LogP contribution in [0.4, 0.5) is 0 Å². The van der Waals surface area contributed by atoms with Crippen molar-refractivity contribution in [3.8, 4) is 5.75 Å². The third-order valence-electron chi connectivity index (χ3n) is 3.11. The van der Waals surface area contributed by atoms with E-state index in [2.05, 4.69) is 37.0 Å². The Balaban J connectivity index is 2.31. The van der Waals surface area contributed by atoms with Crippen molar-refractivity contribution in [2.75, 3.05) is 13.7 Å². The predicted octanol–water partition coefficient (Wildman–Crippen LogP) is 4.09. The monoisotopic (exact) mass is 247 g/mol. The van der Waals surface area contributed by atoms with E-state index in [4.69, 9.17) is 4.74 Å². The molecule has 1 atom stereocenters. The lowest BCUT2D eigenvalue weighted by atomic mass is 10.1. The summed E-state index contributed by atoms with van der Waals surface area (Å²) in [6, 6.07) is 8.68. The largest absolute Gasteiger partial charge is 0.494 e. The molecule has 0 saturated heterocycles. The maximum Gasteiger partial charge on any atom is 0.119 e. The highest BCUT2D eigenvalue weighted by molar-refractivity contribution is 5.30. The minimum Gasteiger partial charge on any atom is -0.494 e. The first-order chi connectivity index (χ1) is 8.77. The molecule has 18 heavy (non-hydrogen) atoms. The second kappa shape index (κ2) is 8.76. The second-order valence-electron chi connectivity index (χ2n) is 4.57. The Bertz CT molecular complexity index is 349. The molecule has 0 spiro atoms. The van der Waals surface area contributed by atoms with Crippen molar-refractivity contribution in [2.24, 2.45) is 0 Å². The summed E-state index contributed by atoms with van der Waals surface area (Å²) in [4.78, 5) is 0. The van der Waals surface area contributed by atoms with Gasteiger partial charge in [0, 0.05) is 6.04 Å². The zero-order valence-electron chi connectivity index (χ0n) is 11.6. The summed E-state index contributed by atoms with van der Waals surface area (Å²) in [5.74, 6) is 0.971. The maximum atomic E-state index is 5.77. The minimum absolute atomic E-state index is 0.362.